The van der Waals surface area contributed by atoms with E-state index in [2.05, 4.69) is 10.2 Å². The molecule has 0 aliphatic carbocycles. The van der Waals surface area contributed by atoms with Crippen molar-refractivity contribution in [2.45, 2.75) is 6.42 Å². The number of morpholine rings is 1. The molecule has 1 aromatic rings. The molecule has 8 heteroatoms. The van der Waals surface area contributed by atoms with E-state index in [1.54, 1.807) is 4.90 Å². The molecule has 2 aliphatic rings. The fourth-order valence-electron chi connectivity index (χ4n) is 3.08. The van der Waals surface area contributed by atoms with E-state index >= 15 is 0 Å². The highest BCUT2D eigenvalue weighted by Gasteiger charge is 2.34. The Morgan fingerprint density at radius 1 is 1.24 bits per heavy atom. The Bertz CT molecular complexity index is 650. The lowest BCUT2D eigenvalue weighted by Crippen LogP contribution is -2.42. The number of carbonyl (C=O) groups excluding carboxylic acids is 2. The van der Waals surface area contributed by atoms with Gasteiger partial charge in [-0.25, -0.2) is 8.78 Å². The predicted octanol–water partition coefficient (Wildman–Crippen LogP) is 1.08. The molecule has 2 heterocycles. The zero-order chi connectivity index (χ0) is 17.8. The first kappa shape index (κ1) is 17.8. The van der Waals surface area contributed by atoms with E-state index in [9.17, 15) is 18.4 Å². The van der Waals surface area contributed by atoms with Gasteiger partial charge in [0.15, 0.2) is 0 Å². The van der Waals surface area contributed by atoms with Gasteiger partial charge in [-0.15, -0.1) is 0 Å². The summed E-state index contributed by atoms with van der Waals surface area (Å²) in [5.74, 6) is -2.56. The van der Waals surface area contributed by atoms with Crippen LogP contribution in [0.3, 0.4) is 0 Å². The summed E-state index contributed by atoms with van der Waals surface area (Å²) >= 11 is 0. The molecule has 0 spiro atoms. The number of carbonyl (C=O) groups is 2. The van der Waals surface area contributed by atoms with Crippen LogP contribution in [0.5, 0.6) is 0 Å². The van der Waals surface area contributed by atoms with Crippen molar-refractivity contribution in [2.75, 3.05) is 51.3 Å². The van der Waals surface area contributed by atoms with Gasteiger partial charge in [-0.1, -0.05) is 0 Å². The molecule has 0 aromatic heterocycles. The van der Waals surface area contributed by atoms with Crippen molar-refractivity contribution in [3.63, 3.8) is 0 Å². The van der Waals surface area contributed by atoms with Crippen LogP contribution in [0.15, 0.2) is 18.2 Å². The maximum Gasteiger partial charge on any atom is 0.229 e. The highest BCUT2D eigenvalue weighted by atomic mass is 19.1. The number of likely N-dealkylation sites (tertiary alicyclic amines) is 1. The van der Waals surface area contributed by atoms with Crippen molar-refractivity contribution in [3.8, 4) is 0 Å². The molecule has 0 radical (unpaired) electrons. The fraction of sp³-hybridized carbons (Fsp3) is 0.529. The Morgan fingerprint density at radius 3 is 2.72 bits per heavy atom. The third kappa shape index (κ3) is 4.52. The molecular weight excluding hydrogens is 332 g/mol. The van der Waals surface area contributed by atoms with Gasteiger partial charge in [-0.05, 0) is 12.1 Å². The maximum absolute atomic E-state index is 13.6. The molecule has 3 rings (SSSR count). The monoisotopic (exact) mass is 353 g/mol. The summed E-state index contributed by atoms with van der Waals surface area (Å²) in [6.45, 7) is 4.71. The highest BCUT2D eigenvalue weighted by molar-refractivity contribution is 5.97. The molecule has 1 aromatic carbocycles. The Labute approximate surface area is 144 Å². The van der Waals surface area contributed by atoms with Crippen LogP contribution in [-0.2, 0) is 14.3 Å². The smallest absolute Gasteiger partial charge is 0.229 e. The van der Waals surface area contributed by atoms with E-state index in [4.69, 9.17) is 4.74 Å². The first-order valence-corrected chi connectivity index (χ1v) is 8.37. The van der Waals surface area contributed by atoms with Crippen LogP contribution < -0.4 is 5.32 Å². The zero-order valence-corrected chi connectivity index (χ0v) is 13.8. The number of benzene rings is 1. The molecule has 2 aliphatic heterocycles. The molecule has 1 N–H and O–H groups in total. The van der Waals surface area contributed by atoms with Gasteiger partial charge in [0, 0.05) is 45.2 Å². The number of nitrogens with zero attached hydrogens (tertiary/aromatic N) is 2. The molecule has 0 bridgehead atoms. The SMILES string of the molecule is O=C(Nc1ccc(F)cc1F)C1CC(=O)N(CCN2CCOCC2)C1. The van der Waals surface area contributed by atoms with Crippen molar-refractivity contribution < 1.29 is 23.1 Å². The van der Waals surface area contributed by atoms with E-state index in [1.165, 1.54) is 6.07 Å². The van der Waals surface area contributed by atoms with Crippen LogP contribution in [0, 0.1) is 17.6 Å². The molecular formula is C17H21F2N3O3. The summed E-state index contributed by atoms with van der Waals surface area (Å²) in [6, 6.07) is 2.96. The van der Waals surface area contributed by atoms with Crippen molar-refractivity contribution in [3.05, 3.63) is 29.8 Å². The van der Waals surface area contributed by atoms with E-state index in [1.807, 2.05) is 0 Å². The van der Waals surface area contributed by atoms with Gasteiger partial charge in [0.1, 0.15) is 11.6 Å². The zero-order valence-electron chi connectivity index (χ0n) is 13.8. The Hall–Kier alpha value is -2.06. The average Bonchev–Trinajstić information content (AvgIpc) is 2.97. The number of amides is 2. The second-order valence-corrected chi connectivity index (χ2v) is 6.31. The summed E-state index contributed by atoms with van der Waals surface area (Å²) in [5.41, 5.74) is -0.0781. The quantitative estimate of drug-likeness (QED) is 0.861. The molecule has 6 nitrogen and oxygen atoms in total. The van der Waals surface area contributed by atoms with Gasteiger partial charge in [0.05, 0.1) is 24.8 Å². The first-order valence-electron chi connectivity index (χ1n) is 8.37. The third-order valence-corrected chi connectivity index (χ3v) is 4.56. The molecule has 0 saturated carbocycles. The standard InChI is InChI=1S/C17H21F2N3O3/c18-13-1-2-15(14(19)10-13)20-17(24)12-9-16(23)22(11-12)4-3-21-5-7-25-8-6-21/h1-2,10,12H,3-9,11H2,(H,20,24). The molecule has 136 valence electrons. The van der Waals surface area contributed by atoms with Gasteiger partial charge in [-0.2, -0.15) is 0 Å². The summed E-state index contributed by atoms with van der Waals surface area (Å²) < 4.78 is 31.8. The summed E-state index contributed by atoms with van der Waals surface area (Å²) in [5, 5.41) is 2.44. The minimum atomic E-state index is -0.832. The van der Waals surface area contributed by atoms with Crippen molar-refractivity contribution in [1.82, 2.24) is 9.80 Å². The van der Waals surface area contributed by atoms with Crippen molar-refractivity contribution in [1.29, 1.82) is 0 Å². The number of halogens is 2. The van der Waals surface area contributed by atoms with E-state index in [-0.39, 0.29) is 18.0 Å². The average molecular weight is 353 g/mol. The van der Waals surface area contributed by atoms with Gasteiger partial charge >= 0.3 is 0 Å². The number of nitrogens with one attached hydrogen (secondary N) is 1. The van der Waals surface area contributed by atoms with Gasteiger partial charge in [0.25, 0.3) is 0 Å². The van der Waals surface area contributed by atoms with Crippen molar-refractivity contribution in [2.24, 2.45) is 5.92 Å². The van der Waals surface area contributed by atoms with Gasteiger partial charge in [0.2, 0.25) is 11.8 Å². The largest absolute Gasteiger partial charge is 0.379 e. The number of hydrogen-bond acceptors (Lipinski definition) is 4. The van der Waals surface area contributed by atoms with E-state index < -0.39 is 23.5 Å². The van der Waals surface area contributed by atoms with Crippen LogP contribution >= 0.6 is 0 Å². The molecule has 1 atom stereocenters. The van der Waals surface area contributed by atoms with E-state index in [0.717, 1.165) is 25.7 Å². The molecule has 2 saturated heterocycles. The Morgan fingerprint density at radius 2 is 2.00 bits per heavy atom. The molecule has 1 unspecified atom stereocenters. The van der Waals surface area contributed by atoms with Crippen LogP contribution in [0.2, 0.25) is 0 Å². The topological polar surface area (TPSA) is 61.9 Å². The van der Waals surface area contributed by atoms with Crippen LogP contribution in [0.25, 0.3) is 0 Å². The molecule has 2 fully saturated rings. The fourth-order valence-corrected chi connectivity index (χ4v) is 3.08. The maximum atomic E-state index is 13.6. The van der Waals surface area contributed by atoms with Gasteiger partial charge in [-0.3, -0.25) is 14.5 Å². The minimum absolute atomic E-state index is 0.0759. The first-order chi connectivity index (χ1) is 12.0. The number of rotatable bonds is 5. The van der Waals surface area contributed by atoms with Crippen LogP contribution in [0.4, 0.5) is 14.5 Å². The predicted molar refractivity (Wildman–Crippen MR) is 86.9 cm³/mol. The highest BCUT2D eigenvalue weighted by Crippen LogP contribution is 2.21. The lowest BCUT2D eigenvalue weighted by Gasteiger charge is -2.28. The lowest BCUT2D eigenvalue weighted by atomic mass is 10.1. The van der Waals surface area contributed by atoms with E-state index in [0.29, 0.717) is 32.4 Å². The summed E-state index contributed by atoms with van der Waals surface area (Å²) in [6.07, 6.45) is 0.109. The van der Waals surface area contributed by atoms with Gasteiger partial charge < -0.3 is 15.0 Å². The number of ether oxygens (including phenoxy) is 1. The summed E-state index contributed by atoms with van der Waals surface area (Å²) in [7, 11) is 0. The second-order valence-electron chi connectivity index (χ2n) is 6.31. The number of anilines is 1. The van der Waals surface area contributed by atoms with Crippen molar-refractivity contribution >= 4 is 17.5 Å². The number of hydrogen-bond donors (Lipinski definition) is 1. The summed E-state index contributed by atoms with van der Waals surface area (Å²) in [4.78, 5) is 28.3. The normalized spacial score (nSPS) is 21.6. The molecule has 2 amide bonds. The minimum Gasteiger partial charge on any atom is -0.379 e. The second kappa shape index (κ2) is 7.88. The molecule has 25 heavy (non-hydrogen) atoms. The van der Waals surface area contributed by atoms with Crippen LogP contribution in [-0.4, -0.2) is 67.6 Å². The third-order valence-electron chi connectivity index (χ3n) is 4.56. The Kier molecular flexibility index (Phi) is 5.60. The Balaban J connectivity index is 1.51. The lowest BCUT2D eigenvalue weighted by molar-refractivity contribution is -0.128. The van der Waals surface area contributed by atoms with Crippen LogP contribution in [0.1, 0.15) is 6.42 Å².